The molecule has 0 aliphatic carbocycles. The maximum Gasteiger partial charge on any atom is 0.338 e. The summed E-state index contributed by atoms with van der Waals surface area (Å²) >= 11 is 1.28. The molecule has 1 aromatic heterocycles. The molecule has 1 atom stereocenters. The molecule has 37 heavy (non-hydrogen) atoms. The first-order valence-corrected chi connectivity index (χ1v) is 12.6. The predicted octanol–water partition coefficient (Wildman–Crippen LogP) is 3.88. The molecular weight excluding hydrogens is 488 g/mol. The van der Waals surface area contributed by atoms with Gasteiger partial charge in [0.15, 0.2) is 4.80 Å². The van der Waals surface area contributed by atoms with Crippen LogP contribution in [0.15, 0.2) is 87.8 Å². The highest BCUT2D eigenvalue weighted by atomic mass is 32.1. The Morgan fingerprint density at radius 1 is 1.05 bits per heavy atom. The summed E-state index contributed by atoms with van der Waals surface area (Å²) < 4.78 is 12.5. The standard InChI is InChI=1S/C29H24N2O5S/c1-4-35-28(34)25-17(2)30-29-31(26(25)20-12-14-22(15-13-20)36-18(3)32)27(33)24(37-29)16-21-10-7-9-19-8-5-6-11-23(19)21/h5-16,26H,4H2,1-3H3/t26-/m0/s1. The van der Waals surface area contributed by atoms with Gasteiger partial charge in [0, 0.05) is 6.92 Å². The summed E-state index contributed by atoms with van der Waals surface area (Å²) in [4.78, 5) is 43.3. The SMILES string of the molecule is CCOC(=O)C1=C(C)N=c2sc(=Cc3cccc4ccccc34)c(=O)n2[C@H]1c1ccc(OC(C)=O)cc1. The number of ether oxygens (including phenoxy) is 2. The van der Waals surface area contributed by atoms with E-state index in [-0.39, 0.29) is 12.2 Å². The number of hydrogen-bond acceptors (Lipinski definition) is 7. The first-order chi connectivity index (χ1) is 17.9. The van der Waals surface area contributed by atoms with Crippen molar-refractivity contribution in [2.24, 2.45) is 4.99 Å². The number of benzene rings is 3. The van der Waals surface area contributed by atoms with Gasteiger partial charge in [-0.1, -0.05) is 65.9 Å². The van der Waals surface area contributed by atoms with Crippen LogP contribution in [0.4, 0.5) is 0 Å². The van der Waals surface area contributed by atoms with E-state index in [0.29, 0.717) is 31.9 Å². The molecular formula is C29H24N2O5S. The Hall–Kier alpha value is -4.30. The molecule has 3 aromatic carbocycles. The van der Waals surface area contributed by atoms with Gasteiger partial charge >= 0.3 is 11.9 Å². The molecule has 0 saturated heterocycles. The molecule has 0 unspecified atom stereocenters. The van der Waals surface area contributed by atoms with E-state index < -0.39 is 18.0 Å². The Morgan fingerprint density at radius 2 is 1.78 bits per heavy atom. The first-order valence-electron chi connectivity index (χ1n) is 11.8. The summed E-state index contributed by atoms with van der Waals surface area (Å²) in [6.45, 7) is 5.00. The van der Waals surface area contributed by atoms with E-state index in [1.807, 2.05) is 48.5 Å². The van der Waals surface area contributed by atoms with Crippen molar-refractivity contribution < 1.29 is 19.1 Å². The molecule has 0 N–H and O–H groups in total. The van der Waals surface area contributed by atoms with Crippen LogP contribution in [-0.2, 0) is 14.3 Å². The highest BCUT2D eigenvalue weighted by Crippen LogP contribution is 2.31. The summed E-state index contributed by atoms with van der Waals surface area (Å²) in [5.74, 6) is -0.587. The Labute approximate surface area is 216 Å². The van der Waals surface area contributed by atoms with Gasteiger partial charge in [0.1, 0.15) is 5.75 Å². The second-order valence-electron chi connectivity index (χ2n) is 8.53. The van der Waals surface area contributed by atoms with Crippen LogP contribution in [-0.4, -0.2) is 23.1 Å². The zero-order valence-electron chi connectivity index (χ0n) is 20.6. The van der Waals surface area contributed by atoms with E-state index >= 15 is 0 Å². The van der Waals surface area contributed by atoms with Crippen LogP contribution in [0.25, 0.3) is 16.8 Å². The number of aromatic nitrogens is 1. The van der Waals surface area contributed by atoms with Crippen molar-refractivity contribution >= 4 is 40.1 Å². The lowest BCUT2D eigenvalue weighted by molar-refractivity contribution is -0.139. The molecule has 7 nitrogen and oxygen atoms in total. The van der Waals surface area contributed by atoms with Crippen LogP contribution < -0.4 is 19.6 Å². The average Bonchev–Trinajstić information content (AvgIpc) is 3.18. The molecule has 2 heterocycles. The summed E-state index contributed by atoms with van der Waals surface area (Å²) in [6.07, 6.45) is 1.87. The van der Waals surface area contributed by atoms with E-state index in [1.54, 1.807) is 42.7 Å². The zero-order chi connectivity index (χ0) is 26.1. The molecule has 0 radical (unpaired) electrons. The van der Waals surface area contributed by atoms with Crippen LogP contribution in [0.2, 0.25) is 0 Å². The maximum atomic E-state index is 13.8. The zero-order valence-corrected chi connectivity index (χ0v) is 21.4. The molecule has 0 saturated carbocycles. The molecule has 1 aliphatic heterocycles. The minimum atomic E-state index is -0.739. The fraction of sp³-hybridized carbons (Fsp3) is 0.172. The lowest BCUT2D eigenvalue weighted by Crippen LogP contribution is -2.39. The number of allylic oxidation sites excluding steroid dienone is 1. The van der Waals surface area contributed by atoms with Crippen LogP contribution >= 0.6 is 11.3 Å². The molecule has 8 heteroatoms. The number of thiazole rings is 1. The first kappa shape index (κ1) is 24.4. The lowest BCUT2D eigenvalue weighted by Gasteiger charge is -2.24. The summed E-state index contributed by atoms with van der Waals surface area (Å²) in [5, 5.41) is 2.12. The normalized spacial score (nSPS) is 15.3. The fourth-order valence-electron chi connectivity index (χ4n) is 4.51. The molecule has 0 bridgehead atoms. The monoisotopic (exact) mass is 512 g/mol. The largest absolute Gasteiger partial charge is 0.463 e. The van der Waals surface area contributed by atoms with E-state index in [1.165, 1.54) is 18.3 Å². The van der Waals surface area contributed by atoms with Gasteiger partial charge in [-0.15, -0.1) is 0 Å². The second kappa shape index (κ2) is 9.99. The van der Waals surface area contributed by atoms with Gasteiger partial charge in [-0.2, -0.15) is 0 Å². The van der Waals surface area contributed by atoms with Crippen molar-refractivity contribution in [3.8, 4) is 5.75 Å². The van der Waals surface area contributed by atoms with Crippen LogP contribution in [0.3, 0.4) is 0 Å². The number of hydrogen-bond donors (Lipinski definition) is 0. The van der Waals surface area contributed by atoms with Crippen molar-refractivity contribution in [1.29, 1.82) is 0 Å². The smallest absolute Gasteiger partial charge is 0.338 e. The van der Waals surface area contributed by atoms with Crippen molar-refractivity contribution in [3.05, 3.63) is 109 Å². The van der Waals surface area contributed by atoms with E-state index in [4.69, 9.17) is 9.47 Å². The number of esters is 2. The minimum absolute atomic E-state index is 0.194. The lowest BCUT2D eigenvalue weighted by atomic mass is 9.96. The third-order valence-electron chi connectivity index (χ3n) is 6.08. The summed E-state index contributed by atoms with van der Waals surface area (Å²) in [7, 11) is 0. The molecule has 4 aromatic rings. The highest BCUT2D eigenvalue weighted by Gasteiger charge is 2.33. The Bertz CT molecular complexity index is 1740. The molecule has 186 valence electrons. The van der Waals surface area contributed by atoms with Gasteiger partial charge in [0.25, 0.3) is 5.56 Å². The van der Waals surface area contributed by atoms with Crippen LogP contribution in [0.5, 0.6) is 5.75 Å². The van der Waals surface area contributed by atoms with Gasteiger partial charge in [-0.25, -0.2) is 9.79 Å². The fourth-order valence-corrected chi connectivity index (χ4v) is 5.55. The van der Waals surface area contributed by atoms with Gasteiger partial charge < -0.3 is 9.47 Å². The maximum absolute atomic E-state index is 13.8. The molecule has 0 fully saturated rings. The Kier molecular flexibility index (Phi) is 6.58. The highest BCUT2D eigenvalue weighted by molar-refractivity contribution is 7.07. The summed E-state index contributed by atoms with van der Waals surface area (Å²) in [6, 6.07) is 20.0. The van der Waals surface area contributed by atoms with Crippen molar-refractivity contribution in [3.63, 3.8) is 0 Å². The van der Waals surface area contributed by atoms with E-state index in [9.17, 15) is 14.4 Å². The third-order valence-corrected chi connectivity index (χ3v) is 7.07. The number of nitrogens with zero attached hydrogens (tertiary/aromatic N) is 2. The van der Waals surface area contributed by atoms with Crippen LogP contribution in [0.1, 0.15) is 37.9 Å². The number of carbonyl (C=O) groups excluding carboxylic acids is 2. The number of rotatable bonds is 5. The minimum Gasteiger partial charge on any atom is -0.463 e. The third kappa shape index (κ3) is 4.63. The average molecular weight is 513 g/mol. The van der Waals surface area contributed by atoms with Gasteiger partial charge in [-0.3, -0.25) is 14.2 Å². The van der Waals surface area contributed by atoms with Crippen LogP contribution in [0, 0.1) is 0 Å². The van der Waals surface area contributed by atoms with Gasteiger partial charge in [-0.05, 0) is 54.0 Å². The predicted molar refractivity (Wildman–Crippen MR) is 142 cm³/mol. The molecule has 1 aliphatic rings. The second-order valence-corrected chi connectivity index (χ2v) is 9.54. The molecule has 0 amide bonds. The Balaban J connectivity index is 1.70. The Morgan fingerprint density at radius 3 is 2.51 bits per heavy atom. The topological polar surface area (TPSA) is 87.0 Å². The van der Waals surface area contributed by atoms with Crippen molar-refractivity contribution in [1.82, 2.24) is 4.57 Å². The van der Waals surface area contributed by atoms with E-state index in [2.05, 4.69) is 4.99 Å². The molecule has 5 rings (SSSR count). The quantitative estimate of drug-likeness (QED) is 0.299. The van der Waals surface area contributed by atoms with E-state index in [0.717, 1.165) is 16.3 Å². The van der Waals surface area contributed by atoms with Gasteiger partial charge in [0.2, 0.25) is 0 Å². The summed E-state index contributed by atoms with van der Waals surface area (Å²) in [5.41, 5.74) is 2.13. The van der Waals surface area contributed by atoms with Crippen molar-refractivity contribution in [2.75, 3.05) is 6.61 Å². The van der Waals surface area contributed by atoms with Gasteiger partial charge in [0.05, 0.1) is 28.5 Å². The number of carbonyl (C=O) groups is 2. The van der Waals surface area contributed by atoms with Crippen molar-refractivity contribution in [2.45, 2.75) is 26.8 Å². The molecule has 0 spiro atoms. The number of fused-ring (bicyclic) bond motifs is 2.